The van der Waals surface area contributed by atoms with Crippen LogP contribution in [0.5, 0.6) is 0 Å². The predicted octanol–water partition coefficient (Wildman–Crippen LogP) is -0.175. The van der Waals surface area contributed by atoms with Crippen LogP contribution in [0.25, 0.3) is 0 Å². The first-order valence-electron chi connectivity index (χ1n) is 0.365. The van der Waals surface area contributed by atoms with Gasteiger partial charge in [-0.2, -0.15) is 0 Å². The van der Waals surface area contributed by atoms with E-state index in [-0.39, 0.29) is 39.0 Å². The third-order valence-corrected chi connectivity index (χ3v) is 0. The van der Waals surface area contributed by atoms with Gasteiger partial charge in [-0.05, 0) is 0 Å². The summed E-state index contributed by atoms with van der Waals surface area (Å²) in [6.45, 7) is 0. The molecule has 0 saturated carbocycles. The van der Waals surface area contributed by atoms with E-state index in [0.717, 1.165) is 0 Å². The monoisotopic (exact) mass is 180 g/mol. The fourth-order valence-corrected chi connectivity index (χ4v) is 0. The van der Waals surface area contributed by atoms with Crippen LogP contribution in [0.3, 0.4) is 0 Å². The zero-order valence-electron chi connectivity index (χ0n) is 2.38. The molecule has 0 bridgehead atoms. The summed E-state index contributed by atoms with van der Waals surface area (Å²) >= 11 is 0. The van der Waals surface area contributed by atoms with E-state index in [1.807, 2.05) is 0 Å². The first kappa shape index (κ1) is 28.8. The number of hydrogen-bond donors (Lipinski definition) is 2. The first-order chi connectivity index (χ1) is 1.41. The Kier molecular flexibility index (Phi) is 193. The second-order valence-electron chi connectivity index (χ2n) is 0.0816. The minimum Gasteiger partial charge on any atom is -0.221 e. The van der Waals surface area contributed by atoms with Gasteiger partial charge in [0.2, 0.25) is 0 Å². The second kappa shape index (κ2) is 40.1. The van der Waals surface area contributed by atoms with Gasteiger partial charge in [-0.3, -0.25) is 0 Å². The summed E-state index contributed by atoms with van der Waals surface area (Å²) in [7, 11) is 0. The number of hydrogen-bond acceptors (Lipinski definition) is 3. The van der Waals surface area contributed by atoms with Crippen molar-refractivity contribution in [2.75, 3.05) is 0 Å². The molecule has 0 heterocycles. The molecule has 0 spiro atoms. The first-order valence-corrected chi connectivity index (χ1v) is 0.365. The average molecular weight is 181 g/mol. The smallest absolute Gasteiger partial charge is 0 e. The van der Waals surface area contributed by atoms with Crippen LogP contribution in [0, 0.1) is 0 Å². The van der Waals surface area contributed by atoms with Crippen LogP contribution in [0.15, 0.2) is 0 Å². The van der Waals surface area contributed by atoms with Gasteiger partial charge in [-0.25, -0.2) is 10.5 Å². The topological polar surface area (TPSA) is 78.2 Å². The SMILES string of the molecule is OOO.[Fe].[Ni].[O]. The molecule has 6 heavy (non-hydrogen) atoms. The van der Waals surface area contributed by atoms with Crippen molar-refractivity contribution < 1.29 is 54.6 Å². The van der Waals surface area contributed by atoms with Crippen LogP contribution < -0.4 is 0 Å². The van der Waals surface area contributed by atoms with Crippen LogP contribution in [-0.4, -0.2) is 10.5 Å². The van der Waals surface area contributed by atoms with Gasteiger partial charge in [0.05, 0.1) is 0 Å². The molecule has 0 aliphatic rings. The second-order valence-corrected chi connectivity index (χ2v) is 0.0816. The van der Waals surface area contributed by atoms with E-state index in [1.54, 1.807) is 0 Å². The summed E-state index contributed by atoms with van der Waals surface area (Å²) in [6, 6.07) is 0. The summed E-state index contributed by atoms with van der Waals surface area (Å²) < 4.78 is 0. The fraction of sp³-hybridized carbons (Fsp3) is 0. The number of rotatable bonds is 0. The van der Waals surface area contributed by atoms with Gasteiger partial charge in [0.15, 0.2) is 0 Å². The zero-order valence-corrected chi connectivity index (χ0v) is 4.47. The molecule has 0 amide bonds. The van der Waals surface area contributed by atoms with Crippen molar-refractivity contribution in [2.24, 2.45) is 0 Å². The molecule has 2 N–H and O–H groups in total. The Hall–Kier alpha value is 0.853. The maximum Gasteiger partial charge on any atom is 0 e. The minimum absolute atomic E-state index is 0. The van der Waals surface area contributed by atoms with Crippen LogP contribution >= 0.6 is 0 Å². The summed E-state index contributed by atoms with van der Waals surface area (Å²) in [6.07, 6.45) is 0. The molecule has 0 aromatic heterocycles. The van der Waals surface area contributed by atoms with E-state index in [0.29, 0.717) is 0 Å². The fourth-order valence-electron chi connectivity index (χ4n) is 0. The summed E-state index contributed by atoms with van der Waals surface area (Å²) in [5, 5.41) is 15.5. The van der Waals surface area contributed by atoms with E-state index in [2.05, 4.69) is 5.04 Å². The Morgan fingerprint density at radius 2 is 1.17 bits per heavy atom. The molecule has 0 fully saturated rings. The molecular formula is H2FeNiO4. The van der Waals surface area contributed by atoms with Crippen LogP contribution in [0.4, 0.5) is 0 Å². The van der Waals surface area contributed by atoms with Crippen molar-refractivity contribution in [1.82, 2.24) is 0 Å². The van der Waals surface area contributed by atoms with Gasteiger partial charge in [-0.1, -0.05) is 5.04 Å². The molecule has 0 saturated heterocycles. The van der Waals surface area contributed by atoms with Crippen molar-refractivity contribution in [3.8, 4) is 0 Å². The van der Waals surface area contributed by atoms with Crippen molar-refractivity contribution in [1.29, 1.82) is 0 Å². The Labute approximate surface area is 55.1 Å². The van der Waals surface area contributed by atoms with Crippen molar-refractivity contribution >= 4 is 0 Å². The van der Waals surface area contributed by atoms with Crippen LogP contribution in [0.2, 0.25) is 0 Å². The van der Waals surface area contributed by atoms with Gasteiger partial charge < -0.3 is 0 Å². The van der Waals surface area contributed by atoms with E-state index in [9.17, 15) is 0 Å². The Morgan fingerprint density at radius 3 is 1.17 bits per heavy atom. The van der Waals surface area contributed by atoms with Crippen LogP contribution in [-0.2, 0) is 44.1 Å². The van der Waals surface area contributed by atoms with Crippen molar-refractivity contribution in [3.05, 3.63) is 0 Å². The van der Waals surface area contributed by atoms with E-state index in [4.69, 9.17) is 10.5 Å². The van der Waals surface area contributed by atoms with Crippen LogP contribution in [0.1, 0.15) is 0 Å². The maximum absolute atomic E-state index is 6.62. The van der Waals surface area contributed by atoms with Gasteiger partial charge in [0.25, 0.3) is 0 Å². The minimum atomic E-state index is 0. The Morgan fingerprint density at radius 1 is 1.17 bits per heavy atom. The molecule has 0 aliphatic heterocycles. The third-order valence-electron chi connectivity index (χ3n) is 0. The van der Waals surface area contributed by atoms with Crippen molar-refractivity contribution in [3.63, 3.8) is 0 Å². The average Bonchev–Trinajstić information content (AvgIpc) is 0.918. The van der Waals surface area contributed by atoms with Gasteiger partial charge in [0.1, 0.15) is 0 Å². The molecule has 2 radical (unpaired) electrons. The van der Waals surface area contributed by atoms with Crippen molar-refractivity contribution in [2.45, 2.75) is 0 Å². The summed E-state index contributed by atoms with van der Waals surface area (Å²) in [5.74, 6) is 0. The summed E-state index contributed by atoms with van der Waals surface area (Å²) in [4.78, 5) is 0. The van der Waals surface area contributed by atoms with Gasteiger partial charge in [-0.15, -0.1) is 0 Å². The van der Waals surface area contributed by atoms with E-state index < -0.39 is 0 Å². The molecule has 6 heteroatoms. The normalized spacial score (nSPS) is 3.00. The predicted molar refractivity (Wildman–Crippen MR) is 7.03 cm³/mol. The molecular weight excluding hydrogens is 179 g/mol. The Balaban J connectivity index is -0.00000000667. The maximum atomic E-state index is 6.62. The zero-order chi connectivity index (χ0) is 2.71. The third kappa shape index (κ3) is 99.0. The molecule has 0 unspecified atom stereocenters. The standard InChI is InChI=1S/Fe.Ni.H2O3.O/c;;1-3-2;/h;;1-2H;. The van der Waals surface area contributed by atoms with Gasteiger partial charge >= 0.3 is 0 Å². The molecule has 0 rings (SSSR count). The largest absolute Gasteiger partial charge is 0.221 e. The van der Waals surface area contributed by atoms with E-state index >= 15 is 0 Å². The molecule has 44 valence electrons. The van der Waals surface area contributed by atoms with Gasteiger partial charge in [0, 0.05) is 39.0 Å². The molecule has 0 aromatic rings. The quantitative estimate of drug-likeness (QED) is 0.309. The molecule has 0 aromatic carbocycles. The Bertz CT molecular complexity index is 7.51. The molecule has 0 aliphatic carbocycles. The molecule has 0 atom stereocenters. The summed E-state index contributed by atoms with van der Waals surface area (Å²) in [5.41, 5.74) is 0. The molecule has 4 nitrogen and oxygen atoms in total. The van der Waals surface area contributed by atoms with E-state index in [1.165, 1.54) is 0 Å².